The van der Waals surface area contributed by atoms with Crippen LogP contribution in [0.4, 0.5) is 0 Å². The maximum absolute atomic E-state index is 9.24. The number of aromatic hydroxyl groups is 1. The molecule has 0 saturated carbocycles. The Bertz CT molecular complexity index is 450. The Kier molecular flexibility index (Phi) is 4.10. The summed E-state index contributed by atoms with van der Waals surface area (Å²) in [5.41, 5.74) is 2.60. The summed E-state index contributed by atoms with van der Waals surface area (Å²) in [5.74, 6) is 1.34. The molecular formula is C15H16OS. The fraction of sp³-hybridized carbons (Fsp3) is 0.200. The van der Waals surface area contributed by atoms with Gasteiger partial charge in [-0.15, -0.1) is 11.8 Å². The topological polar surface area (TPSA) is 20.2 Å². The molecule has 0 spiro atoms. The van der Waals surface area contributed by atoms with Crippen molar-refractivity contribution in [3.05, 3.63) is 65.7 Å². The molecule has 2 heteroatoms. The quantitative estimate of drug-likeness (QED) is 0.861. The van der Waals surface area contributed by atoms with E-state index in [0.717, 1.165) is 5.75 Å². The summed E-state index contributed by atoms with van der Waals surface area (Å²) < 4.78 is 0. The molecule has 17 heavy (non-hydrogen) atoms. The zero-order valence-corrected chi connectivity index (χ0v) is 10.7. The minimum absolute atomic E-state index is 0.328. The standard InChI is InChI=1S/C15H16OS/c1-12(14-7-9-15(16)10-8-14)17-11-13-5-3-2-4-6-13/h2-10,12,16H,11H2,1H3. The van der Waals surface area contributed by atoms with Crippen molar-refractivity contribution in [3.8, 4) is 5.75 Å². The van der Waals surface area contributed by atoms with Crippen LogP contribution in [0.2, 0.25) is 0 Å². The largest absolute Gasteiger partial charge is 0.508 e. The average Bonchev–Trinajstić information content (AvgIpc) is 2.38. The molecule has 0 aliphatic rings. The molecule has 0 radical (unpaired) electrons. The predicted molar refractivity (Wildman–Crippen MR) is 74.3 cm³/mol. The van der Waals surface area contributed by atoms with Gasteiger partial charge < -0.3 is 5.11 Å². The van der Waals surface area contributed by atoms with Crippen molar-refractivity contribution in [3.63, 3.8) is 0 Å². The van der Waals surface area contributed by atoms with Crippen LogP contribution in [0.5, 0.6) is 5.75 Å². The van der Waals surface area contributed by atoms with Gasteiger partial charge in [-0.3, -0.25) is 0 Å². The summed E-state index contributed by atoms with van der Waals surface area (Å²) >= 11 is 1.91. The molecule has 2 rings (SSSR count). The molecule has 0 aliphatic heterocycles. The summed E-state index contributed by atoms with van der Waals surface area (Å²) in [6.07, 6.45) is 0. The summed E-state index contributed by atoms with van der Waals surface area (Å²) in [6, 6.07) is 17.9. The third-order valence-electron chi connectivity index (χ3n) is 2.71. The second-order valence-corrected chi connectivity index (χ2v) is 5.36. The first-order chi connectivity index (χ1) is 8.25. The molecule has 0 saturated heterocycles. The Balaban J connectivity index is 1.93. The van der Waals surface area contributed by atoms with Crippen molar-refractivity contribution < 1.29 is 5.11 Å². The fourth-order valence-electron chi connectivity index (χ4n) is 1.64. The van der Waals surface area contributed by atoms with Crippen LogP contribution in [0.3, 0.4) is 0 Å². The highest BCUT2D eigenvalue weighted by Gasteiger charge is 2.05. The van der Waals surface area contributed by atoms with Crippen LogP contribution < -0.4 is 0 Å². The lowest BCUT2D eigenvalue weighted by molar-refractivity contribution is 0.475. The third-order valence-corrected chi connectivity index (χ3v) is 3.98. The van der Waals surface area contributed by atoms with Crippen molar-refractivity contribution >= 4 is 11.8 Å². The van der Waals surface area contributed by atoms with Gasteiger partial charge in [0.1, 0.15) is 5.75 Å². The summed E-state index contributed by atoms with van der Waals surface area (Å²) in [7, 11) is 0. The van der Waals surface area contributed by atoms with E-state index in [1.807, 2.05) is 30.0 Å². The Morgan fingerprint density at radius 1 is 1.00 bits per heavy atom. The van der Waals surface area contributed by atoms with Crippen molar-refractivity contribution in [1.29, 1.82) is 0 Å². The highest BCUT2D eigenvalue weighted by atomic mass is 32.2. The molecule has 88 valence electrons. The van der Waals surface area contributed by atoms with Gasteiger partial charge in [0.05, 0.1) is 0 Å². The molecule has 2 aromatic carbocycles. The van der Waals surface area contributed by atoms with Gasteiger partial charge in [0.2, 0.25) is 0 Å². The van der Waals surface area contributed by atoms with Gasteiger partial charge in [-0.25, -0.2) is 0 Å². The predicted octanol–water partition coefficient (Wildman–Crippen LogP) is 4.39. The first-order valence-corrected chi connectivity index (χ1v) is 6.75. The lowest BCUT2D eigenvalue weighted by Crippen LogP contribution is -1.89. The fourth-order valence-corrected chi connectivity index (χ4v) is 2.62. The van der Waals surface area contributed by atoms with Crippen LogP contribution >= 0.6 is 11.8 Å². The molecule has 1 nitrogen and oxygen atoms in total. The van der Waals surface area contributed by atoms with E-state index in [1.54, 1.807) is 12.1 Å². The van der Waals surface area contributed by atoms with Crippen LogP contribution in [0.15, 0.2) is 54.6 Å². The van der Waals surface area contributed by atoms with E-state index in [0.29, 0.717) is 11.0 Å². The lowest BCUT2D eigenvalue weighted by atomic mass is 10.2. The number of rotatable bonds is 4. The minimum Gasteiger partial charge on any atom is -0.508 e. The van der Waals surface area contributed by atoms with Crippen molar-refractivity contribution in [2.24, 2.45) is 0 Å². The van der Waals surface area contributed by atoms with E-state index >= 15 is 0 Å². The summed E-state index contributed by atoms with van der Waals surface area (Å²) in [5, 5.41) is 9.68. The van der Waals surface area contributed by atoms with Gasteiger partial charge in [0.15, 0.2) is 0 Å². The van der Waals surface area contributed by atoms with Crippen molar-refractivity contribution in [1.82, 2.24) is 0 Å². The number of hydrogen-bond acceptors (Lipinski definition) is 2. The van der Waals surface area contributed by atoms with Gasteiger partial charge >= 0.3 is 0 Å². The molecule has 0 heterocycles. The Morgan fingerprint density at radius 3 is 2.29 bits per heavy atom. The van der Waals surface area contributed by atoms with E-state index in [9.17, 15) is 5.11 Å². The van der Waals surface area contributed by atoms with Gasteiger partial charge in [0.25, 0.3) is 0 Å². The van der Waals surface area contributed by atoms with Gasteiger partial charge in [-0.05, 0) is 30.2 Å². The van der Waals surface area contributed by atoms with Crippen LogP contribution in [-0.2, 0) is 5.75 Å². The highest BCUT2D eigenvalue weighted by Crippen LogP contribution is 2.31. The molecular weight excluding hydrogens is 228 g/mol. The van der Waals surface area contributed by atoms with Gasteiger partial charge in [-0.2, -0.15) is 0 Å². The molecule has 0 fully saturated rings. The maximum Gasteiger partial charge on any atom is 0.115 e. The maximum atomic E-state index is 9.24. The lowest BCUT2D eigenvalue weighted by Gasteiger charge is -2.11. The first-order valence-electron chi connectivity index (χ1n) is 5.70. The van der Waals surface area contributed by atoms with Crippen molar-refractivity contribution in [2.45, 2.75) is 17.9 Å². The number of phenols is 1. The molecule has 0 aliphatic carbocycles. The van der Waals surface area contributed by atoms with E-state index in [-0.39, 0.29) is 0 Å². The van der Waals surface area contributed by atoms with E-state index < -0.39 is 0 Å². The molecule has 1 unspecified atom stereocenters. The van der Waals surface area contributed by atoms with E-state index in [2.05, 4.69) is 31.2 Å². The second-order valence-electron chi connectivity index (χ2n) is 4.03. The first kappa shape index (κ1) is 12.1. The molecule has 0 bridgehead atoms. The van der Waals surface area contributed by atoms with E-state index in [4.69, 9.17) is 0 Å². The van der Waals surface area contributed by atoms with Crippen molar-refractivity contribution in [2.75, 3.05) is 0 Å². The smallest absolute Gasteiger partial charge is 0.115 e. The molecule has 1 N–H and O–H groups in total. The number of phenolic OH excluding ortho intramolecular Hbond substituents is 1. The molecule has 0 aromatic heterocycles. The van der Waals surface area contributed by atoms with Crippen LogP contribution in [0.25, 0.3) is 0 Å². The summed E-state index contributed by atoms with van der Waals surface area (Å²) in [6.45, 7) is 2.19. The van der Waals surface area contributed by atoms with Gasteiger partial charge in [0, 0.05) is 11.0 Å². The third kappa shape index (κ3) is 3.53. The van der Waals surface area contributed by atoms with Crippen LogP contribution in [0.1, 0.15) is 23.3 Å². The Morgan fingerprint density at radius 2 is 1.65 bits per heavy atom. The summed E-state index contributed by atoms with van der Waals surface area (Å²) in [4.78, 5) is 0. The van der Waals surface area contributed by atoms with Crippen LogP contribution in [-0.4, -0.2) is 5.11 Å². The SMILES string of the molecule is CC(SCc1ccccc1)c1ccc(O)cc1. The normalized spacial score (nSPS) is 12.3. The monoisotopic (exact) mass is 244 g/mol. The average molecular weight is 244 g/mol. The number of benzene rings is 2. The second kappa shape index (κ2) is 5.78. The van der Waals surface area contributed by atoms with Gasteiger partial charge in [-0.1, -0.05) is 42.5 Å². The highest BCUT2D eigenvalue weighted by molar-refractivity contribution is 7.98. The molecule has 2 aromatic rings. The Labute approximate surface area is 107 Å². The van der Waals surface area contributed by atoms with E-state index in [1.165, 1.54) is 11.1 Å². The number of thioether (sulfide) groups is 1. The number of hydrogen-bond donors (Lipinski definition) is 1. The van der Waals surface area contributed by atoms with Crippen LogP contribution in [0, 0.1) is 0 Å². The molecule has 1 atom stereocenters. The minimum atomic E-state index is 0.328. The zero-order valence-electron chi connectivity index (χ0n) is 9.84. The molecule has 0 amide bonds. The Hall–Kier alpha value is -1.41. The zero-order chi connectivity index (χ0) is 12.1.